The number of carbonyl (C=O) groups is 2. The van der Waals surface area contributed by atoms with Gasteiger partial charge in [0.1, 0.15) is 18.4 Å². The summed E-state index contributed by atoms with van der Waals surface area (Å²) in [5.41, 5.74) is 1.29. The topological polar surface area (TPSA) is 83.4 Å². The van der Waals surface area contributed by atoms with Crippen molar-refractivity contribution in [3.05, 3.63) is 47.5 Å². The first-order chi connectivity index (χ1) is 19.9. The predicted octanol–water partition coefficient (Wildman–Crippen LogP) is 4.77. The Morgan fingerprint density at radius 3 is 2.37 bits per heavy atom. The molecule has 1 N–H and O–H groups in total. The number of nitrogens with zero attached hydrogens (tertiary/aromatic N) is 5. The number of Topliss-reactive ketones (excluding diaryl/α,β-unsaturated/α-hetero) is 1. The van der Waals surface area contributed by atoms with E-state index in [2.05, 4.69) is 25.2 Å². The van der Waals surface area contributed by atoms with Crippen molar-refractivity contribution in [1.82, 2.24) is 29.9 Å². The molecule has 3 aliphatic rings. The Labute approximate surface area is 250 Å². The minimum absolute atomic E-state index is 0.173. The van der Waals surface area contributed by atoms with Crippen molar-refractivity contribution in [2.75, 3.05) is 32.7 Å². The van der Waals surface area contributed by atoms with E-state index in [9.17, 15) is 9.59 Å². The fraction of sp³-hybridized carbons (Fsp3) is 0.688. The molecule has 2 saturated heterocycles. The lowest BCUT2D eigenvalue weighted by atomic mass is 9.63. The van der Waals surface area contributed by atoms with Crippen molar-refractivity contribution in [1.29, 1.82) is 0 Å². The monoisotopic (exact) mass is 582 g/mol. The Bertz CT molecular complexity index is 1100. The Balaban J connectivity index is 1.25. The summed E-state index contributed by atoms with van der Waals surface area (Å²) >= 11 is 6.16. The second kappa shape index (κ2) is 14.3. The van der Waals surface area contributed by atoms with Crippen molar-refractivity contribution in [3.8, 4) is 0 Å². The summed E-state index contributed by atoms with van der Waals surface area (Å²) in [5.74, 6) is 1.19. The lowest BCUT2D eigenvalue weighted by Gasteiger charge is -2.48. The Kier molecular flexibility index (Phi) is 10.5. The fourth-order valence-electron chi connectivity index (χ4n) is 7.42. The maximum atomic E-state index is 14.2. The second-order valence-electron chi connectivity index (χ2n) is 12.6. The van der Waals surface area contributed by atoms with Gasteiger partial charge in [0.05, 0.1) is 12.6 Å². The molecule has 5 rings (SSSR count). The zero-order valence-corrected chi connectivity index (χ0v) is 25.4. The van der Waals surface area contributed by atoms with Crippen LogP contribution in [-0.2, 0) is 22.6 Å². The number of piperidine rings is 2. The van der Waals surface area contributed by atoms with Crippen LogP contribution in [0.5, 0.6) is 0 Å². The van der Waals surface area contributed by atoms with E-state index in [4.69, 9.17) is 11.6 Å². The zero-order valence-electron chi connectivity index (χ0n) is 24.6. The van der Waals surface area contributed by atoms with Crippen molar-refractivity contribution < 1.29 is 9.59 Å². The summed E-state index contributed by atoms with van der Waals surface area (Å²) in [6.45, 7) is 6.73. The van der Waals surface area contributed by atoms with E-state index in [1.807, 2.05) is 42.2 Å². The summed E-state index contributed by atoms with van der Waals surface area (Å²) < 4.78 is 2.01. The summed E-state index contributed by atoms with van der Waals surface area (Å²) in [6.07, 6.45) is 15.2. The van der Waals surface area contributed by atoms with Crippen LogP contribution in [0.1, 0.15) is 76.7 Å². The molecule has 1 amide bonds. The number of ketones is 1. The molecular formula is C32H47ClN6O2. The number of amides is 1. The van der Waals surface area contributed by atoms with E-state index in [1.165, 1.54) is 32.1 Å². The quantitative estimate of drug-likeness (QED) is 0.411. The van der Waals surface area contributed by atoms with Gasteiger partial charge >= 0.3 is 0 Å². The molecule has 2 aliphatic heterocycles. The molecule has 3 heterocycles. The minimum Gasteiger partial charge on any atom is -0.341 e. The number of benzene rings is 1. The molecule has 9 heteroatoms. The average molecular weight is 583 g/mol. The molecule has 1 saturated carbocycles. The molecule has 0 radical (unpaired) electrons. The fourth-order valence-corrected chi connectivity index (χ4v) is 7.54. The van der Waals surface area contributed by atoms with Gasteiger partial charge in [-0.2, -0.15) is 5.10 Å². The van der Waals surface area contributed by atoms with Crippen molar-refractivity contribution in [2.24, 2.45) is 11.3 Å². The van der Waals surface area contributed by atoms with Gasteiger partial charge in [0, 0.05) is 50.2 Å². The Hall–Kier alpha value is -2.29. The van der Waals surface area contributed by atoms with Gasteiger partial charge in [-0.15, -0.1) is 0 Å². The number of likely N-dealkylation sites (tertiary alicyclic amines) is 2. The summed E-state index contributed by atoms with van der Waals surface area (Å²) in [5, 5.41) is 8.94. The van der Waals surface area contributed by atoms with Gasteiger partial charge in [0.2, 0.25) is 5.91 Å². The Morgan fingerprint density at radius 2 is 1.73 bits per heavy atom. The van der Waals surface area contributed by atoms with E-state index in [0.717, 1.165) is 64.0 Å². The summed E-state index contributed by atoms with van der Waals surface area (Å²) in [4.78, 5) is 34.7. The van der Waals surface area contributed by atoms with Crippen LogP contribution >= 0.6 is 11.6 Å². The molecule has 0 spiro atoms. The van der Waals surface area contributed by atoms with Crippen LogP contribution in [0, 0.1) is 11.3 Å². The van der Waals surface area contributed by atoms with Gasteiger partial charge in [-0.05, 0) is 74.0 Å². The molecule has 1 aliphatic carbocycles. The molecule has 1 atom stereocenters. The minimum atomic E-state index is -0.275. The summed E-state index contributed by atoms with van der Waals surface area (Å²) in [7, 11) is 0. The Morgan fingerprint density at radius 1 is 1.02 bits per heavy atom. The number of nitrogens with one attached hydrogen (secondary N) is 1. The number of rotatable bonds is 11. The molecule has 1 aromatic carbocycles. The third-order valence-corrected chi connectivity index (χ3v) is 10.2. The van der Waals surface area contributed by atoms with Crippen molar-refractivity contribution >= 4 is 23.3 Å². The van der Waals surface area contributed by atoms with E-state index in [1.54, 1.807) is 6.33 Å². The molecule has 0 bridgehead atoms. The lowest BCUT2D eigenvalue weighted by Crippen LogP contribution is -2.56. The third kappa shape index (κ3) is 7.96. The maximum Gasteiger partial charge on any atom is 0.240 e. The van der Waals surface area contributed by atoms with E-state index in [0.29, 0.717) is 36.1 Å². The molecule has 224 valence electrons. The number of hydrogen-bond acceptors (Lipinski definition) is 6. The highest BCUT2D eigenvalue weighted by Crippen LogP contribution is 2.47. The number of aromatic nitrogens is 3. The van der Waals surface area contributed by atoms with Gasteiger partial charge in [0.25, 0.3) is 0 Å². The van der Waals surface area contributed by atoms with Crippen LogP contribution in [0.2, 0.25) is 5.02 Å². The molecular weight excluding hydrogens is 536 g/mol. The SMILES string of the molecule is CCC(=O)CN1CCC(N[C@H](Cc2ccc(Cl)cc2)C(=O)N2CCC(Cn3cncn3)(C3CCCCC3)CC2)CC1. The van der Waals surface area contributed by atoms with Gasteiger partial charge in [-0.1, -0.05) is 49.9 Å². The maximum absolute atomic E-state index is 14.2. The predicted molar refractivity (Wildman–Crippen MR) is 162 cm³/mol. The highest BCUT2D eigenvalue weighted by atomic mass is 35.5. The van der Waals surface area contributed by atoms with Crippen LogP contribution in [-0.4, -0.2) is 81.1 Å². The molecule has 41 heavy (non-hydrogen) atoms. The van der Waals surface area contributed by atoms with Gasteiger partial charge in [-0.25, -0.2) is 4.98 Å². The first-order valence-electron chi connectivity index (χ1n) is 15.8. The molecule has 0 unspecified atom stereocenters. The van der Waals surface area contributed by atoms with Crippen LogP contribution in [0.25, 0.3) is 0 Å². The van der Waals surface area contributed by atoms with Gasteiger partial charge in [-0.3, -0.25) is 19.2 Å². The van der Waals surface area contributed by atoms with Crippen LogP contribution in [0.15, 0.2) is 36.9 Å². The highest BCUT2D eigenvalue weighted by molar-refractivity contribution is 6.30. The smallest absolute Gasteiger partial charge is 0.240 e. The summed E-state index contributed by atoms with van der Waals surface area (Å²) in [6, 6.07) is 7.87. The van der Waals surface area contributed by atoms with Crippen LogP contribution in [0.4, 0.5) is 0 Å². The standard InChI is InChI=1S/C32H47ClN6O2/c1-2-29(40)21-37-16-12-28(13-17-37)36-30(20-25-8-10-27(33)11-9-25)31(41)38-18-14-32(15-19-38,22-39-24-34-23-35-39)26-6-4-3-5-7-26/h8-11,23-24,26,28,30,36H,2-7,12-22H2,1H3/t30-/m1/s1. The van der Waals surface area contributed by atoms with E-state index < -0.39 is 0 Å². The van der Waals surface area contributed by atoms with E-state index >= 15 is 0 Å². The second-order valence-corrected chi connectivity index (χ2v) is 13.0. The first kappa shape index (κ1) is 30.2. The number of carbonyl (C=O) groups excluding carboxylic acids is 2. The van der Waals surface area contributed by atoms with E-state index in [-0.39, 0.29) is 23.4 Å². The average Bonchev–Trinajstić information content (AvgIpc) is 3.52. The van der Waals surface area contributed by atoms with Gasteiger partial charge < -0.3 is 10.2 Å². The van der Waals surface area contributed by atoms with Gasteiger partial charge in [0.15, 0.2) is 0 Å². The first-order valence-corrected chi connectivity index (χ1v) is 16.2. The van der Waals surface area contributed by atoms with Crippen molar-refractivity contribution in [2.45, 2.75) is 96.2 Å². The molecule has 3 fully saturated rings. The van der Waals surface area contributed by atoms with Crippen LogP contribution in [0.3, 0.4) is 0 Å². The molecule has 2 aromatic rings. The molecule has 8 nitrogen and oxygen atoms in total. The normalized spacial score (nSPS) is 21.6. The number of hydrogen-bond donors (Lipinski definition) is 1. The number of halogens is 1. The van der Waals surface area contributed by atoms with Crippen molar-refractivity contribution in [3.63, 3.8) is 0 Å². The highest BCUT2D eigenvalue weighted by Gasteiger charge is 2.44. The zero-order chi connectivity index (χ0) is 28.7. The van der Waals surface area contributed by atoms with Crippen LogP contribution < -0.4 is 5.32 Å². The lowest BCUT2D eigenvalue weighted by molar-refractivity contribution is -0.137. The largest absolute Gasteiger partial charge is 0.341 e. The third-order valence-electron chi connectivity index (χ3n) is 9.96. The molecule has 1 aromatic heterocycles.